The van der Waals surface area contributed by atoms with Gasteiger partial charge >= 0.3 is 0 Å². The number of thiocarbonyl (C=S) groups is 1. The molecule has 0 saturated carbocycles. The normalized spacial score (nSPS) is 22.5. The number of amides is 1. The van der Waals surface area contributed by atoms with Crippen molar-refractivity contribution in [3.8, 4) is 0 Å². The first-order valence-electron chi connectivity index (χ1n) is 6.45. The summed E-state index contributed by atoms with van der Waals surface area (Å²) in [5, 5.41) is 0. The minimum absolute atomic E-state index is 0.298. The van der Waals surface area contributed by atoms with E-state index < -0.39 is 0 Å². The summed E-state index contributed by atoms with van der Waals surface area (Å²) in [5.41, 5.74) is 7.25. The second-order valence-corrected chi connectivity index (χ2v) is 5.43. The molecule has 2 aliphatic rings. The molecule has 5 nitrogen and oxygen atoms in total. The number of anilines is 1. The van der Waals surface area contributed by atoms with Crippen LogP contribution in [0.1, 0.15) is 18.5 Å². The van der Waals surface area contributed by atoms with Gasteiger partial charge in [-0.05, 0) is 18.6 Å². The first-order valence-corrected chi connectivity index (χ1v) is 6.86. The van der Waals surface area contributed by atoms with Crippen molar-refractivity contribution in [3.63, 3.8) is 0 Å². The zero-order valence-corrected chi connectivity index (χ0v) is 11.4. The van der Waals surface area contributed by atoms with E-state index in [0.717, 1.165) is 31.7 Å². The number of carbonyl (C=O) groups excluding carboxylic acids is 1. The lowest BCUT2D eigenvalue weighted by molar-refractivity contribution is -0.129. The lowest BCUT2D eigenvalue weighted by atomic mass is 10.1. The van der Waals surface area contributed by atoms with E-state index in [2.05, 4.69) is 9.88 Å². The summed E-state index contributed by atoms with van der Waals surface area (Å²) < 4.78 is 0. The van der Waals surface area contributed by atoms with Crippen molar-refractivity contribution in [1.82, 2.24) is 9.88 Å². The summed E-state index contributed by atoms with van der Waals surface area (Å²) in [6, 6.07) is 4.20. The second-order valence-electron chi connectivity index (χ2n) is 4.99. The third kappa shape index (κ3) is 2.28. The molecule has 19 heavy (non-hydrogen) atoms. The van der Waals surface area contributed by atoms with Gasteiger partial charge in [0.05, 0.1) is 17.6 Å². The van der Waals surface area contributed by atoms with Gasteiger partial charge in [-0.1, -0.05) is 12.2 Å². The van der Waals surface area contributed by atoms with Crippen molar-refractivity contribution < 1.29 is 4.79 Å². The molecule has 1 atom stereocenters. The molecule has 1 unspecified atom stereocenters. The fourth-order valence-corrected chi connectivity index (χ4v) is 2.94. The molecular weight excluding hydrogens is 260 g/mol. The Balaban J connectivity index is 1.73. The summed E-state index contributed by atoms with van der Waals surface area (Å²) in [6.45, 7) is 2.55. The molecule has 0 spiro atoms. The smallest absolute Gasteiger partial charge is 0.223 e. The van der Waals surface area contributed by atoms with Crippen molar-refractivity contribution in [2.45, 2.75) is 18.9 Å². The van der Waals surface area contributed by atoms with Crippen LogP contribution in [0.4, 0.5) is 5.69 Å². The summed E-state index contributed by atoms with van der Waals surface area (Å²) in [7, 11) is 0. The van der Waals surface area contributed by atoms with Gasteiger partial charge in [-0.15, -0.1) is 0 Å². The van der Waals surface area contributed by atoms with Crippen molar-refractivity contribution >= 4 is 28.8 Å². The number of pyridine rings is 1. The number of hydrogen-bond acceptors (Lipinski definition) is 4. The van der Waals surface area contributed by atoms with Crippen LogP contribution in [-0.2, 0) is 4.79 Å². The van der Waals surface area contributed by atoms with E-state index in [-0.39, 0.29) is 0 Å². The van der Waals surface area contributed by atoms with E-state index in [1.54, 1.807) is 6.20 Å². The van der Waals surface area contributed by atoms with E-state index in [4.69, 9.17) is 18.0 Å². The van der Waals surface area contributed by atoms with Gasteiger partial charge in [-0.2, -0.15) is 0 Å². The zero-order valence-electron chi connectivity index (χ0n) is 10.6. The van der Waals surface area contributed by atoms with Gasteiger partial charge in [-0.3, -0.25) is 9.78 Å². The van der Waals surface area contributed by atoms with Crippen LogP contribution in [0.15, 0.2) is 18.3 Å². The van der Waals surface area contributed by atoms with Gasteiger partial charge in [0.15, 0.2) is 0 Å². The molecule has 2 saturated heterocycles. The average Bonchev–Trinajstić information content (AvgIpc) is 2.80. The molecule has 0 radical (unpaired) electrons. The highest BCUT2D eigenvalue weighted by molar-refractivity contribution is 7.80. The molecule has 0 aromatic carbocycles. The largest absolute Gasteiger partial charge is 0.388 e. The third-order valence-electron chi connectivity index (χ3n) is 3.86. The first kappa shape index (κ1) is 12.3. The molecule has 2 N–H and O–H groups in total. The van der Waals surface area contributed by atoms with Crippen molar-refractivity contribution in [1.29, 1.82) is 0 Å². The van der Waals surface area contributed by atoms with Crippen LogP contribution in [0.2, 0.25) is 0 Å². The van der Waals surface area contributed by atoms with E-state index in [9.17, 15) is 4.79 Å². The maximum atomic E-state index is 11.6. The molecule has 1 amide bonds. The Hall–Kier alpha value is -1.69. The monoisotopic (exact) mass is 276 g/mol. The summed E-state index contributed by atoms with van der Waals surface area (Å²) in [4.78, 5) is 20.5. The summed E-state index contributed by atoms with van der Waals surface area (Å²) in [5.74, 6) is 0.298. The van der Waals surface area contributed by atoms with Crippen LogP contribution in [0.3, 0.4) is 0 Å². The van der Waals surface area contributed by atoms with E-state index in [1.165, 1.54) is 0 Å². The predicted octanol–water partition coefficient (Wildman–Crippen LogP) is 0.527. The van der Waals surface area contributed by atoms with E-state index >= 15 is 0 Å². The van der Waals surface area contributed by atoms with Gasteiger partial charge in [0, 0.05) is 32.1 Å². The molecule has 3 heterocycles. The maximum absolute atomic E-state index is 11.6. The summed E-state index contributed by atoms with van der Waals surface area (Å²) in [6.07, 6.45) is 3.46. The van der Waals surface area contributed by atoms with E-state index in [0.29, 0.717) is 29.1 Å². The number of hydrogen-bond donors (Lipinski definition) is 1. The Bertz CT molecular complexity index is 516. The third-order valence-corrected chi connectivity index (χ3v) is 4.07. The molecule has 1 aromatic rings. The van der Waals surface area contributed by atoms with Crippen LogP contribution >= 0.6 is 12.2 Å². The lowest BCUT2D eigenvalue weighted by Crippen LogP contribution is -2.51. The van der Waals surface area contributed by atoms with Crippen molar-refractivity contribution in [3.05, 3.63) is 24.0 Å². The maximum Gasteiger partial charge on any atom is 0.223 e. The molecule has 0 bridgehead atoms. The molecule has 6 heteroatoms. The Kier molecular flexibility index (Phi) is 3.10. The Morgan fingerprint density at radius 3 is 2.95 bits per heavy atom. The highest BCUT2D eigenvalue weighted by Crippen LogP contribution is 2.25. The van der Waals surface area contributed by atoms with Crippen molar-refractivity contribution in [2.24, 2.45) is 5.73 Å². The highest BCUT2D eigenvalue weighted by atomic mass is 32.1. The van der Waals surface area contributed by atoms with Crippen LogP contribution < -0.4 is 10.6 Å². The number of nitrogens with two attached hydrogens (primary N) is 1. The molecular formula is C13H16N4OS. The average molecular weight is 276 g/mol. The molecule has 2 fully saturated rings. The number of aromatic nitrogens is 1. The minimum atomic E-state index is 0.298. The Morgan fingerprint density at radius 1 is 1.42 bits per heavy atom. The molecule has 3 rings (SSSR count). The SMILES string of the molecule is NC(=S)c1ccc(N2CCN3C(=O)CCC3C2)cn1. The standard InChI is InChI=1S/C13H16N4OS/c14-13(19)11-3-1-9(7-15-11)16-5-6-17-10(8-16)2-4-12(17)18/h1,3,7,10H,2,4-6,8H2,(H2,14,19). The summed E-state index contributed by atoms with van der Waals surface area (Å²) >= 11 is 4.89. The highest BCUT2D eigenvalue weighted by Gasteiger charge is 2.35. The number of rotatable bonds is 2. The fraction of sp³-hybridized carbons (Fsp3) is 0.462. The van der Waals surface area contributed by atoms with Crippen LogP contribution in [-0.4, -0.2) is 46.5 Å². The topological polar surface area (TPSA) is 62.5 Å². The number of carbonyl (C=O) groups is 1. The van der Waals surface area contributed by atoms with Crippen LogP contribution in [0.25, 0.3) is 0 Å². The molecule has 100 valence electrons. The van der Waals surface area contributed by atoms with Gasteiger partial charge < -0.3 is 15.5 Å². The second kappa shape index (κ2) is 4.77. The number of piperazine rings is 1. The quantitative estimate of drug-likeness (QED) is 0.798. The predicted molar refractivity (Wildman–Crippen MR) is 77.1 cm³/mol. The van der Waals surface area contributed by atoms with Crippen LogP contribution in [0, 0.1) is 0 Å². The molecule has 0 aliphatic carbocycles. The van der Waals surface area contributed by atoms with Gasteiger partial charge in [0.25, 0.3) is 0 Å². The molecule has 1 aromatic heterocycles. The number of fused-ring (bicyclic) bond motifs is 1. The number of nitrogens with zero attached hydrogens (tertiary/aromatic N) is 3. The zero-order chi connectivity index (χ0) is 13.4. The minimum Gasteiger partial charge on any atom is -0.388 e. The lowest BCUT2D eigenvalue weighted by Gasteiger charge is -2.38. The van der Waals surface area contributed by atoms with Gasteiger partial charge in [-0.25, -0.2) is 0 Å². The fourth-order valence-electron chi connectivity index (χ4n) is 2.82. The van der Waals surface area contributed by atoms with Crippen LogP contribution in [0.5, 0.6) is 0 Å². The van der Waals surface area contributed by atoms with Gasteiger partial charge in [0.2, 0.25) is 5.91 Å². The van der Waals surface area contributed by atoms with Crippen molar-refractivity contribution in [2.75, 3.05) is 24.5 Å². The molecule has 2 aliphatic heterocycles. The van der Waals surface area contributed by atoms with E-state index in [1.807, 2.05) is 17.0 Å². The van der Waals surface area contributed by atoms with Gasteiger partial charge in [0.1, 0.15) is 4.99 Å². The Labute approximate surface area is 117 Å². The Morgan fingerprint density at radius 2 is 2.26 bits per heavy atom. The first-order chi connectivity index (χ1) is 9.15.